The second-order valence-corrected chi connectivity index (χ2v) is 7.62. The highest BCUT2D eigenvalue weighted by atomic mass is 19.1. The van der Waals surface area contributed by atoms with Gasteiger partial charge in [-0.2, -0.15) is 0 Å². The number of nitrogens with zero attached hydrogens (tertiary/aromatic N) is 2. The number of fused-ring (bicyclic) bond motifs is 1. The minimum Gasteiger partial charge on any atom is -0.397 e. The molecule has 0 unspecified atom stereocenters. The lowest BCUT2D eigenvalue weighted by molar-refractivity contribution is 0.635. The standard InChI is InChI=1S/C25H29FN4O/c1-5-7-8-9-18(16(3)6-2)19-11-12-22-20(24(19)26)14-21(25(31)30(22)4)29-23-13-10-17(27)15-28-23/h8-15H,5-7,27H2,1-4H3,(H,28,29)/b9-8-,18-16-. The van der Waals surface area contributed by atoms with Gasteiger partial charge in [0, 0.05) is 18.0 Å². The van der Waals surface area contributed by atoms with Crippen LogP contribution < -0.4 is 16.6 Å². The van der Waals surface area contributed by atoms with Crippen LogP contribution in [0.15, 0.2) is 59.0 Å². The summed E-state index contributed by atoms with van der Waals surface area (Å²) < 4.78 is 17.2. The first-order chi connectivity index (χ1) is 14.9. The van der Waals surface area contributed by atoms with E-state index in [1.807, 2.05) is 13.0 Å². The highest BCUT2D eigenvalue weighted by Gasteiger charge is 2.16. The predicted molar refractivity (Wildman–Crippen MR) is 128 cm³/mol. The number of allylic oxidation sites excluding steroid dienone is 4. The summed E-state index contributed by atoms with van der Waals surface area (Å²) >= 11 is 0. The maximum absolute atomic E-state index is 15.8. The molecule has 31 heavy (non-hydrogen) atoms. The molecule has 162 valence electrons. The lowest BCUT2D eigenvalue weighted by atomic mass is 9.96. The molecule has 3 aromatic rings. The van der Waals surface area contributed by atoms with Crippen molar-refractivity contribution in [3.8, 4) is 0 Å². The molecule has 0 saturated carbocycles. The number of aryl methyl sites for hydroxylation is 1. The third-order valence-electron chi connectivity index (χ3n) is 5.41. The van der Waals surface area contributed by atoms with Crippen molar-refractivity contribution in [3.63, 3.8) is 0 Å². The van der Waals surface area contributed by atoms with Gasteiger partial charge >= 0.3 is 0 Å². The van der Waals surface area contributed by atoms with Crippen LogP contribution >= 0.6 is 0 Å². The molecule has 0 atom stereocenters. The van der Waals surface area contributed by atoms with E-state index < -0.39 is 0 Å². The second kappa shape index (κ2) is 9.60. The number of benzene rings is 1. The molecule has 0 aliphatic heterocycles. The summed E-state index contributed by atoms with van der Waals surface area (Å²) in [6.45, 7) is 6.20. The minimum atomic E-state index is -0.342. The van der Waals surface area contributed by atoms with Crippen molar-refractivity contribution in [2.45, 2.75) is 40.0 Å². The van der Waals surface area contributed by atoms with Gasteiger partial charge in [-0.05, 0) is 55.7 Å². The topological polar surface area (TPSA) is 72.9 Å². The van der Waals surface area contributed by atoms with Gasteiger partial charge in [-0.25, -0.2) is 9.37 Å². The highest BCUT2D eigenvalue weighted by molar-refractivity contribution is 5.89. The molecule has 2 aromatic heterocycles. The van der Waals surface area contributed by atoms with Gasteiger partial charge in [-0.1, -0.05) is 38.0 Å². The first-order valence-corrected chi connectivity index (χ1v) is 10.5. The molecule has 0 aliphatic rings. The predicted octanol–water partition coefficient (Wildman–Crippen LogP) is 5.94. The van der Waals surface area contributed by atoms with E-state index in [9.17, 15) is 4.79 Å². The molecular weight excluding hydrogens is 391 g/mol. The molecule has 6 heteroatoms. The van der Waals surface area contributed by atoms with Gasteiger partial charge < -0.3 is 15.6 Å². The number of rotatable bonds is 7. The van der Waals surface area contributed by atoms with Crippen molar-refractivity contribution in [2.75, 3.05) is 11.1 Å². The van der Waals surface area contributed by atoms with Crippen LogP contribution in [0.25, 0.3) is 16.5 Å². The van der Waals surface area contributed by atoms with Gasteiger partial charge in [0.05, 0.1) is 17.4 Å². The third-order valence-corrected chi connectivity index (χ3v) is 5.41. The Morgan fingerprint density at radius 1 is 1.26 bits per heavy atom. The Balaban J connectivity index is 2.17. The van der Waals surface area contributed by atoms with Crippen molar-refractivity contribution >= 4 is 33.7 Å². The molecule has 0 fully saturated rings. The van der Waals surface area contributed by atoms with Crippen molar-refractivity contribution in [2.24, 2.45) is 7.05 Å². The molecule has 2 heterocycles. The first-order valence-electron chi connectivity index (χ1n) is 10.5. The van der Waals surface area contributed by atoms with Crippen molar-refractivity contribution in [1.29, 1.82) is 0 Å². The van der Waals surface area contributed by atoms with E-state index in [0.717, 1.165) is 30.4 Å². The molecule has 0 saturated heterocycles. The van der Waals surface area contributed by atoms with Crippen LogP contribution in [-0.2, 0) is 7.05 Å². The van der Waals surface area contributed by atoms with Crippen LogP contribution in [0, 0.1) is 5.82 Å². The summed E-state index contributed by atoms with van der Waals surface area (Å²) in [6.07, 6.45) is 8.38. The number of nitrogens with one attached hydrogen (secondary N) is 1. The molecule has 3 N–H and O–H groups in total. The average molecular weight is 421 g/mol. The Morgan fingerprint density at radius 3 is 2.68 bits per heavy atom. The summed E-state index contributed by atoms with van der Waals surface area (Å²) in [4.78, 5) is 17.0. The van der Waals surface area contributed by atoms with Crippen LogP contribution in [0.5, 0.6) is 0 Å². The lowest BCUT2D eigenvalue weighted by Gasteiger charge is -2.15. The molecule has 3 rings (SSSR count). The smallest absolute Gasteiger partial charge is 0.274 e. The zero-order valence-electron chi connectivity index (χ0n) is 18.5. The SMILES string of the molecule is CCC/C=C\C(=C(/C)CC)c1ccc2c(cc(Nc3ccc(N)cn3)c(=O)n2C)c1F. The van der Waals surface area contributed by atoms with E-state index in [1.165, 1.54) is 10.8 Å². The van der Waals surface area contributed by atoms with Crippen molar-refractivity contribution in [3.05, 3.63) is 76.0 Å². The maximum Gasteiger partial charge on any atom is 0.274 e. The second-order valence-electron chi connectivity index (χ2n) is 7.62. The van der Waals surface area contributed by atoms with Gasteiger partial charge in [0.15, 0.2) is 0 Å². The van der Waals surface area contributed by atoms with E-state index in [4.69, 9.17) is 5.73 Å². The number of nitrogens with two attached hydrogens (primary N) is 1. The molecule has 5 nitrogen and oxygen atoms in total. The van der Waals surface area contributed by atoms with E-state index in [0.29, 0.717) is 28.0 Å². The van der Waals surface area contributed by atoms with Crippen LogP contribution in [0.2, 0.25) is 0 Å². The Bertz CT molecular complexity index is 1210. The number of aromatic nitrogens is 2. The molecular formula is C25H29FN4O. The maximum atomic E-state index is 15.8. The van der Waals surface area contributed by atoms with Crippen molar-refractivity contribution in [1.82, 2.24) is 9.55 Å². The number of pyridine rings is 2. The van der Waals surface area contributed by atoms with E-state index in [2.05, 4.69) is 30.2 Å². The Hall–Kier alpha value is -3.41. The summed E-state index contributed by atoms with van der Waals surface area (Å²) in [5, 5.41) is 3.37. The fraction of sp³-hybridized carbons (Fsp3) is 0.280. The summed E-state index contributed by atoms with van der Waals surface area (Å²) in [5.74, 6) is 0.123. The molecule has 0 bridgehead atoms. The normalized spacial score (nSPS) is 12.4. The van der Waals surface area contributed by atoms with Gasteiger partial charge in [-0.3, -0.25) is 4.79 Å². The fourth-order valence-electron chi connectivity index (χ4n) is 3.44. The number of anilines is 3. The third kappa shape index (κ3) is 4.68. The van der Waals surface area contributed by atoms with Gasteiger partial charge in [0.1, 0.15) is 17.3 Å². The van der Waals surface area contributed by atoms with Crippen molar-refractivity contribution < 1.29 is 4.39 Å². The Kier molecular flexibility index (Phi) is 6.90. The van der Waals surface area contributed by atoms with Gasteiger partial charge in [0.25, 0.3) is 5.56 Å². The van der Waals surface area contributed by atoms with Crippen LogP contribution in [0.3, 0.4) is 0 Å². The summed E-state index contributed by atoms with van der Waals surface area (Å²) in [6, 6.07) is 8.49. The Labute approximate surface area is 182 Å². The fourth-order valence-corrected chi connectivity index (χ4v) is 3.44. The van der Waals surface area contributed by atoms with E-state index >= 15 is 4.39 Å². The van der Waals surface area contributed by atoms with Gasteiger partial charge in [0.2, 0.25) is 0 Å². The number of halogens is 1. The quantitative estimate of drug-likeness (QED) is 0.464. The minimum absolute atomic E-state index is 0.252. The molecule has 0 radical (unpaired) electrons. The molecule has 0 aliphatic carbocycles. The monoisotopic (exact) mass is 420 g/mol. The van der Waals surface area contributed by atoms with Crippen LogP contribution in [0.1, 0.15) is 45.6 Å². The average Bonchev–Trinajstić information content (AvgIpc) is 2.77. The highest BCUT2D eigenvalue weighted by Crippen LogP contribution is 2.30. The van der Waals surface area contributed by atoms with Crippen LogP contribution in [-0.4, -0.2) is 9.55 Å². The summed E-state index contributed by atoms with van der Waals surface area (Å²) in [7, 11) is 1.64. The zero-order valence-corrected chi connectivity index (χ0v) is 18.5. The van der Waals surface area contributed by atoms with E-state index in [1.54, 1.807) is 37.4 Å². The lowest BCUT2D eigenvalue weighted by Crippen LogP contribution is -2.20. The summed E-state index contributed by atoms with van der Waals surface area (Å²) in [5.41, 5.74) is 9.26. The molecule has 1 aromatic carbocycles. The number of hydrogen-bond acceptors (Lipinski definition) is 4. The number of unbranched alkanes of at least 4 members (excludes halogenated alkanes) is 1. The van der Waals surface area contributed by atoms with Gasteiger partial charge in [-0.15, -0.1) is 0 Å². The largest absolute Gasteiger partial charge is 0.397 e. The van der Waals surface area contributed by atoms with E-state index in [-0.39, 0.29) is 17.1 Å². The Morgan fingerprint density at radius 2 is 2.03 bits per heavy atom. The first kappa shape index (κ1) is 22.3. The van der Waals surface area contributed by atoms with Crippen LogP contribution in [0.4, 0.5) is 21.6 Å². The zero-order chi connectivity index (χ0) is 22.5. The number of nitrogen functional groups attached to an aromatic ring is 1. The molecule has 0 amide bonds. The molecule has 0 spiro atoms. The number of hydrogen-bond donors (Lipinski definition) is 2.